The lowest BCUT2D eigenvalue weighted by molar-refractivity contribution is -0.0173. The van der Waals surface area contributed by atoms with Gasteiger partial charge in [0, 0.05) is 30.2 Å². The molecule has 0 aliphatic carbocycles. The molecule has 3 rings (SSSR count). The minimum absolute atomic E-state index is 0.0628. The number of hydrogen-bond donors (Lipinski definition) is 2. The molecule has 1 heterocycles. The predicted molar refractivity (Wildman–Crippen MR) is 113 cm³/mol. The first-order chi connectivity index (χ1) is 12.7. The van der Waals surface area contributed by atoms with Crippen LogP contribution in [0.4, 0.5) is 11.4 Å². The van der Waals surface area contributed by atoms with Gasteiger partial charge >= 0.3 is 0 Å². The predicted octanol–water partition coefficient (Wildman–Crippen LogP) is 3.73. The molecule has 0 amide bonds. The van der Waals surface area contributed by atoms with Gasteiger partial charge in [-0.3, -0.25) is 9.69 Å². The molecule has 2 aromatic rings. The summed E-state index contributed by atoms with van der Waals surface area (Å²) in [5.41, 5.74) is 7.74. The molecule has 0 aromatic heterocycles. The van der Waals surface area contributed by atoms with E-state index in [2.05, 4.69) is 19.2 Å². The number of carbonyl (C=O) groups is 1. The Labute approximate surface area is 165 Å². The first-order valence-electron chi connectivity index (χ1n) is 8.84. The molecular formula is C21H25N3O2S. The molecule has 2 aromatic carbocycles. The molecule has 1 saturated heterocycles. The molecule has 5 nitrogen and oxygen atoms in total. The smallest absolute Gasteiger partial charge is 0.193 e. The third-order valence-electron chi connectivity index (χ3n) is 4.90. The highest BCUT2D eigenvalue weighted by molar-refractivity contribution is 7.80. The van der Waals surface area contributed by atoms with Crippen LogP contribution < -0.4 is 16.0 Å². The van der Waals surface area contributed by atoms with E-state index in [1.807, 2.05) is 30.0 Å². The van der Waals surface area contributed by atoms with Crippen LogP contribution in [0.2, 0.25) is 0 Å². The second-order valence-electron chi connectivity index (χ2n) is 7.67. The number of hydrogen-bond acceptors (Lipinski definition) is 4. The molecule has 1 fully saturated rings. The van der Waals surface area contributed by atoms with Crippen LogP contribution in [0.25, 0.3) is 0 Å². The number of nitrogens with zero attached hydrogens (tertiary/aromatic N) is 1. The molecule has 1 aliphatic heterocycles. The molecule has 0 bridgehead atoms. The van der Waals surface area contributed by atoms with Crippen molar-refractivity contribution in [3.05, 3.63) is 59.7 Å². The maximum Gasteiger partial charge on any atom is 0.193 e. The molecule has 1 unspecified atom stereocenters. The fourth-order valence-corrected chi connectivity index (χ4v) is 4.23. The molecule has 27 heavy (non-hydrogen) atoms. The molecule has 0 spiro atoms. The number of nitrogens with two attached hydrogens (primary N) is 1. The van der Waals surface area contributed by atoms with Crippen molar-refractivity contribution in [1.29, 1.82) is 0 Å². The lowest BCUT2D eigenvalue weighted by Crippen LogP contribution is -2.67. The minimum Gasteiger partial charge on any atom is -0.397 e. The van der Waals surface area contributed by atoms with Crippen molar-refractivity contribution < 1.29 is 9.53 Å². The molecule has 142 valence electrons. The van der Waals surface area contributed by atoms with Crippen molar-refractivity contribution in [2.24, 2.45) is 0 Å². The second-order valence-corrected chi connectivity index (χ2v) is 8.06. The standard InChI is InChI=1S/C21H25N3O2S/c1-20(2)13-21(3,26-4)24(19(27)23-20)17-12-15(10-11-16(17)22)18(25)14-8-6-5-7-9-14/h5-12H,13,22H2,1-4H3,(H,23,27). The summed E-state index contributed by atoms with van der Waals surface area (Å²) in [7, 11) is 1.66. The minimum atomic E-state index is -0.686. The third kappa shape index (κ3) is 3.68. The Morgan fingerprint density at radius 2 is 1.81 bits per heavy atom. The van der Waals surface area contributed by atoms with E-state index < -0.39 is 5.72 Å². The normalized spacial score (nSPS) is 21.6. The SMILES string of the molecule is COC1(C)CC(C)(C)NC(=S)N1c1cc(C(=O)c2ccccc2)ccc1N. The van der Waals surface area contributed by atoms with Crippen LogP contribution in [0.1, 0.15) is 43.1 Å². The zero-order chi connectivity index (χ0) is 19.8. The molecule has 0 saturated carbocycles. The largest absolute Gasteiger partial charge is 0.397 e. The fraction of sp³-hybridized carbons (Fsp3) is 0.333. The summed E-state index contributed by atoms with van der Waals surface area (Å²) in [5.74, 6) is -0.0628. The van der Waals surface area contributed by atoms with Gasteiger partial charge in [0.05, 0.1) is 11.4 Å². The number of ether oxygens (including phenoxy) is 1. The van der Waals surface area contributed by atoms with Crippen LogP contribution in [-0.4, -0.2) is 29.3 Å². The van der Waals surface area contributed by atoms with Crippen LogP contribution in [-0.2, 0) is 4.74 Å². The number of benzene rings is 2. The summed E-state index contributed by atoms with van der Waals surface area (Å²) < 4.78 is 5.85. The zero-order valence-corrected chi connectivity index (χ0v) is 16.9. The van der Waals surface area contributed by atoms with Crippen molar-refractivity contribution in [1.82, 2.24) is 5.32 Å². The summed E-state index contributed by atoms with van der Waals surface area (Å²) in [5, 5.41) is 3.86. The van der Waals surface area contributed by atoms with E-state index in [0.29, 0.717) is 34.0 Å². The van der Waals surface area contributed by atoms with E-state index in [1.165, 1.54) is 0 Å². The van der Waals surface area contributed by atoms with Gasteiger partial charge in [0.2, 0.25) is 0 Å². The summed E-state index contributed by atoms with van der Waals surface area (Å²) in [6, 6.07) is 14.4. The van der Waals surface area contributed by atoms with E-state index in [9.17, 15) is 4.79 Å². The monoisotopic (exact) mass is 383 g/mol. The van der Waals surface area contributed by atoms with Gasteiger partial charge in [0.1, 0.15) is 5.72 Å². The highest BCUT2D eigenvalue weighted by Crippen LogP contribution is 2.39. The number of anilines is 2. The highest BCUT2D eigenvalue weighted by Gasteiger charge is 2.46. The zero-order valence-electron chi connectivity index (χ0n) is 16.1. The van der Waals surface area contributed by atoms with Crippen LogP contribution in [0, 0.1) is 0 Å². The van der Waals surface area contributed by atoms with Crippen LogP contribution in [0.15, 0.2) is 48.5 Å². The Bertz CT molecular complexity index is 882. The molecule has 0 radical (unpaired) electrons. The lowest BCUT2D eigenvalue weighted by atomic mass is 9.89. The van der Waals surface area contributed by atoms with Gasteiger partial charge in [0.25, 0.3) is 0 Å². The fourth-order valence-electron chi connectivity index (χ4n) is 3.67. The Morgan fingerprint density at radius 3 is 2.44 bits per heavy atom. The number of carbonyl (C=O) groups excluding carboxylic acids is 1. The molecule has 1 atom stereocenters. The summed E-state index contributed by atoms with van der Waals surface area (Å²) in [6.45, 7) is 6.13. The summed E-state index contributed by atoms with van der Waals surface area (Å²) in [6.07, 6.45) is 0.687. The number of methoxy groups -OCH3 is 1. The third-order valence-corrected chi connectivity index (χ3v) is 5.19. The van der Waals surface area contributed by atoms with Crippen LogP contribution in [0.5, 0.6) is 0 Å². The molecule has 3 N–H and O–H groups in total. The Kier molecular flexibility index (Phi) is 4.97. The van der Waals surface area contributed by atoms with E-state index in [4.69, 9.17) is 22.7 Å². The van der Waals surface area contributed by atoms with Gasteiger partial charge in [-0.05, 0) is 51.2 Å². The maximum absolute atomic E-state index is 12.9. The Hall–Kier alpha value is -2.44. The molecule has 6 heteroatoms. The van der Waals surface area contributed by atoms with Crippen molar-refractivity contribution in [3.63, 3.8) is 0 Å². The van der Waals surface area contributed by atoms with E-state index in [0.717, 1.165) is 0 Å². The van der Waals surface area contributed by atoms with Crippen LogP contribution >= 0.6 is 12.2 Å². The first-order valence-corrected chi connectivity index (χ1v) is 9.24. The molecular weight excluding hydrogens is 358 g/mol. The summed E-state index contributed by atoms with van der Waals surface area (Å²) >= 11 is 5.63. The lowest BCUT2D eigenvalue weighted by Gasteiger charge is -2.51. The second kappa shape index (κ2) is 6.94. The number of rotatable bonds is 4. The van der Waals surface area contributed by atoms with E-state index >= 15 is 0 Å². The van der Waals surface area contributed by atoms with Gasteiger partial charge in [-0.2, -0.15) is 0 Å². The topological polar surface area (TPSA) is 67.6 Å². The average Bonchev–Trinajstić information content (AvgIpc) is 2.62. The van der Waals surface area contributed by atoms with Gasteiger partial charge in [0.15, 0.2) is 10.9 Å². The Morgan fingerprint density at radius 1 is 1.15 bits per heavy atom. The number of ketones is 1. The van der Waals surface area contributed by atoms with Crippen LogP contribution in [0.3, 0.4) is 0 Å². The molecule has 1 aliphatic rings. The number of nitrogens with one attached hydrogen (secondary N) is 1. The first kappa shape index (κ1) is 19.3. The van der Waals surface area contributed by atoms with Gasteiger partial charge in [-0.25, -0.2) is 0 Å². The van der Waals surface area contributed by atoms with Crippen molar-refractivity contribution in [2.75, 3.05) is 17.7 Å². The van der Waals surface area contributed by atoms with E-state index in [1.54, 1.807) is 37.4 Å². The van der Waals surface area contributed by atoms with Gasteiger partial charge < -0.3 is 15.8 Å². The highest BCUT2D eigenvalue weighted by atomic mass is 32.1. The quantitative estimate of drug-likeness (QED) is 0.476. The summed E-state index contributed by atoms with van der Waals surface area (Å²) in [4.78, 5) is 14.7. The average molecular weight is 384 g/mol. The van der Waals surface area contributed by atoms with E-state index in [-0.39, 0.29) is 11.3 Å². The Balaban J connectivity index is 2.06. The van der Waals surface area contributed by atoms with Crippen molar-refractivity contribution in [3.8, 4) is 0 Å². The van der Waals surface area contributed by atoms with Gasteiger partial charge in [-0.1, -0.05) is 30.3 Å². The number of thiocarbonyl (C=S) groups is 1. The van der Waals surface area contributed by atoms with Crippen molar-refractivity contribution in [2.45, 2.75) is 38.5 Å². The number of nitrogen functional groups attached to an aromatic ring is 1. The maximum atomic E-state index is 12.9. The van der Waals surface area contributed by atoms with Gasteiger partial charge in [-0.15, -0.1) is 0 Å². The van der Waals surface area contributed by atoms with Crippen molar-refractivity contribution >= 4 is 34.5 Å².